The average Bonchev–Trinajstić information content (AvgIpc) is 2.99. The molecule has 1 aliphatic rings. The molecular formula is C18H17N5O3. The number of carboxylic acid groups (broad SMARTS) is 1. The van der Waals surface area contributed by atoms with Crippen molar-refractivity contribution in [2.24, 2.45) is 0 Å². The molecule has 1 aromatic carbocycles. The fourth-order valence-corrected chi connectivity index (χ4v) is 3.18. The van der Waals surface area contributed by atoms with Crippen molar-refractivity contribution in [1.82, 2.24) is 25.3 Å². The lowest BCUT2D eigenvalue weighted by Gasteiger charge is -2.37. The van der Waals surface area contributed by atoms with Crippen LogP contribution < -0.4 is 5.32 Å². The van der Waals surface area contributed by atoms with Crippen molar-refractivity contribution < 1.29 is 14.7 Å². The van der Waals surface area contributed by atoms with Gasteiger partial charge in [-0.2, -0.15) is 0 Å². The Kier molecular flexibility index (Phi) is 3.68. The van der Waals surface area contributed by atoms with Crippen LogP contribution >= 0.6 is 0 Å². The standard InChI is InChI=1S/C18H17N5O3/c1-11-15(16(24)20-18(17(25)26)7-3-8-18)21-22-23(11)13-5-6-14-12(10-13)4-2-9-19-14/h2,4-6,9-10H,3,7-8H2,1H3,(H,20,24)(H,25,26). The van der Waals surface area contributed by atoms with Crippen LogP contribution in [0.2, 0.25) is 0 Å². The Bertz CT molecular complexity index is 1020. The lowest BCUT2D eigenvalue weighted by atomic mass is 9.76. The molecule has 8 nitrogen and oxygen atoms in total. The number of aromatic nitrogens is 4. The van der Waals surface area contributed by atoms with E-state index in [1.165, 1.54) is 0 Å². The van der Waals surface area contributed by atoms with Crippen LogP contribution in [-0.2, 0) is 4.79 Å². The van der Waals surface area contributed by atoms with E-state index in [4.69, 9.17) is 0 Å². The Hall–Kier alpha value is -3.29. The highest BCUT2D eigenvalue weighted by molar-refractivity contribution is 5.97. The Morgan fingerprint density at radius 3 is 2.77 bits per heavy atom. The Labute approximate surface area is 148 Å². The average molecular weight is 351 g/mol. The van der Waals surface area contributed by atoms with Crippen LogP contribution in [0.1, 0.15) is 35.4 Å². The molecule has 3 aromatic rings. The number of rotatable bonds is 4. The minimum absolute atomic E-state index is 0.129. The second-order valence-corrected chi connectivity index (χ2v) is 6.51. The van der Waals surface area contributed by atoms with Gasteiger partial charge in [0.1, 0.15) is 5.54 Å². The maximum absolute atomic E-state index is 12.5. The molecule has 8 heteroatoms. The number of nitrogens with zero attached hydrogens (tertiary/aromatic N) is 4. The van der Waals surface area contributed by atoms with Gasteiger partial charge in [0.2, 0.25) is 0 Å². The molecule has 0 unspecified atom stereocenters. The first-order valence-electron chi connectivity index (χ1n) is 8.33. The van der Waals surface area contributed by atoms with Crippen molar-refractivity contribution >= 4 is 22.8 Å². The molecule has 0 bridgehead atoms. The first-order valence-corrected chi connectivity index (χ1v) is 8.33. The number of fused-ring (bicyclic) bond motifs is 1. The van der Waals surface area contributed by atoms with Gasteiger partial charge in [-0.15, -0.1) is 5.10 Å². The third kappa shape index (κ3) is 2.50. The zero-order valence-corrected chi connectivity index (χ0v) is 14.1. The predicted octanol–water partition coefficient (Wildman–Crippen LogP) is 1.86. The van der Waals surface area contributed by atoms with Gasteiger partial charge in [-0.3, -0.25) is 9.78 Å². The number of amides is 1. The van der Waals surface area contributed by atoms with E-state index < -0.39 is 17.4 Å². The Morgan fingerprint density at radius 2 is 2.08 bits per heavy atom. The van der Waals surface area contributed by atoms with E-state index in [0.29, 0.717) is 18.5 Å². The summed E-state index contributed by atoms with van der Waals surface area (Å²) in [5.41, 5.74) is 1.11. The summed E-state index contributed by atoms with van der Waals surface area (Å²) < 4.78 is 1.57. The van der Waals surface area contributed by atoms with Crippen molar-refractivity contribution in [3.8, 4) is 5.69 Å². The maximum Gasteiger partial charge on any atom is 0.329 e. The quantitative estimate of drug-likeness (QED) is 0.742. The van der Waals surface area contributed by atoms with Crippen LogP contribution in [0.5, 0.6) is 0 Å². The molecule has 132 valence electrons. The molecule has 0 atom stereocenters. The van der Waals surface area contributed by atoms with E-state index in [0.717, 1.165) is 23.0 Å². The summed E-state index contributed by atoms with van der Waals surface area (Å²) in [6.07, 6.45) is 3.37. The van der Waals surface area contributed by atoms with E-state index in [-0.39, 0.29) is 5.69 Å². The normalized spacial score (nSPS) is 15.4. The van der Waals surface area contributed by atoms with Crippen molar-refractivity contribution in [1.29, 1.82) is 0 Å². The third-order valence-electron chi connectivity index (χ3n) is 4.91. The number of aliphatic carboxylic acids is 1. The molecule has 1 aliphatic carbocycles. The summed E-state index contributed by atoms with van der Waals surface area (Å²) in [4.78, 5) is 28.3. The molecule has 1 fully saturated rings. The van der Waals surface area contributed by atoms with E-state index >= 15 is 0 Å². The number of pyridine rings is 1. The molecule has 26 heavy (non-hydrogen) atoms. The van der Waals surface area contributed by atoms with E-state index in [1.807, 2.05) is 30.3 Å². The molecule has 0 aliphatic heterocycles. The van der Waals surface area contributed by atoms with E-state index in [9.17, 15) is 14.7 Å². The first kappa shape index (κ1) is 16.2. The van der Waals surface area contributed by atoms with Crippen molar-refractivity contribution in [3.63, 3.8) is 0 Å². The number of benzene rings is 1. The number of carbonyl (C=O) groups is 2. The molecular weight excluding hydrogens is 334 g/mol. The smallest absolute Gasteiger partial charge is 0.329 e. The largest absolute Gasteiger partial charge is 0.480 e. The second-order valence-electron chi connectivity index (χ2n) is 6.51. The summed E-state index contributed by atoms with van der Waals surface area (Å²) in [6.45, 7) is 1.73. The molecule has 0 spiro atoms. The zero-order chi connectivity index (χ0) is 18.3. The summed E-state index contributed by atoms with van der Waals surface area (Å²) in [5, 5.41) is 21.0. The Morgan fingerprint density at radius 1 is 1.27 bits per heavy atom. The van der Waals surface area contributed by atoms with E-state index in [1.54, 1.807) is 17.8 Å². The molecule has 0 radical (unpaired) electrons. The van der Waals surface area contributed by atoms with Crippen LogP contribution in [0, 0.1) is 6.92 Å². The summed E-state index contributed by atoms with van der Waals surface area (Å²) in [6, 6.07) is 9.43. The summed E-state index contributed by atoms with van der Waals surface area (Å²) in [7, 11) is 0. The van der Waals surface area contributed by atoms with Gasteiger partial charge in [-0.25, -0.2) is 9.48 Å². The fraction of sp³-hybridized carbons (Fsp3) is 0.278. The predicted molar refractivity (Wildman–Crippen MR) is 93.1 cm³/mol. The molecule has 2 aromatic heterocycles. The summed E-state index contributed by atoms with van der Waals surface area (Å²) in [5.74, 6) is -1.53. The highest BCUT2D eigenvalue weighted by Crippen LogP contribution is 2.32. The van der Waals surface area contributed by atoms with Crippen molar-refractivity contribution in [3.05, 3.63) is 47.9 Å². The Balaban J connectivity index is 1.65. The van der Waals surface area contributed by atoms with E-state index in [2.05, 4.69) is 20.6 Å². The minimum atomic E-state index is -1.18. The van der Waals surface area contributed by atoms with Gasteiger partial charge >= 0.3 is 5.97 Å². The number of carboxylic acids is 1. The second kappa shape index (κ2) is 5.91. The van der Waals surface area contributed by atoms with Crippen LogP contribution in [0.3, 0.4) is 0 Å². The van der Waals surface area contributed by atoms with Crippen LogP contribution in [-0.4, -0.2) is 42.5 Å². The van der Waals surface area contributed by atoms with Gasteiger partial charge in [-0.1, -0.05) is 11.3 Å². The monoisotopic (exact) mass is 351 g/mol. The van der Waals surface area contributed by atoms with Gasteiger partial charge < -0.3 is 10.4 Å². The maximum atomic E-state index is 12.5. The summed E-state index contributed by atoms with van der Waals surface area (Å²) >= 11 is 0. The number of hydrogen-bond donors (Lipinski definition) is 2. The number of hydrogen-bond acceptors (Lipinski definition) is 5. The lowest BCUT2D eigenvalue weighted by Crippen LogP contribution is -2.59. The van der Waals surface area contributed by atoms with Crippen LogP contribution in [0.4, 0.5) is 0 Å². The van der Waals surface area contributed by atoms with Gasteiger partial charge in [0.15, 0.2) is 5.69 Å². The molecule has 2 N–H and O–H groups in total. The van der Waals surface area contributed by atoms with Gasteiger partial charge in [0.05, 0.1) is 16.9 Å². The van der Waals surface area contributed by atoms with Crippen LogP contribution in [0.15, 0.2) is 36.5 Å². The van der Waals surface area contributed by atoms with Crippen molar-refractivity contribution in [2.45, 2.75) is 31.7 Å². The minimum Gasteiger partial charge on any atom is -0.480 e. The van der Waals surface area contributed by atoms with Crippen molar-refractivity contribution in [2.75, 3.05) is 0 Å². The third-order valence-corrected chi connectivity index (χ3v) is 4.91. The van der Waals surface area contributed by atoms with Crippen LogP contribution in [0.25, 0.3) is 16.6 Å². The topological polar surface area (TPSA) is 110 Å². The molecule has 2 heterocycles. The highest BCUT2D eigenvalue weighted by atomic mass is 16.4. The highest BCUT2D eigenvalue weighted by Gasteiger charge is 2.46. The lowest BCUT2D eigenvalue weighted by molar-refractivity contribution is -0.148. The molecule has 1 saturated carbocycles. The number of nitrogens with one attached hydrogen (secondary N) is 1. The molecule has 0 saturated heterocycles. The first-order chi connectivity index (χ1) is 12.5. The molecule has 1 amide bonds. The zero-order valence-electron chi connectivity index (χ0n) is 14.1. The number of carbonyl (C=O) groups excluding carboxylic acids is 1. The SMILES string of the molecule is Cc1c(C(=O)NC2(C(=O)O)CCC2)nnn1-c1ccc2ncccc2c1. The van der Waals surface area contributed by atoms with Gasteiger partial charge in [0, 0.05) is 11.6 Å². The van der Waals surface area contributed by atoms with Gasteiger partial charge in [0.25, 0.3) is 5.91 Å². The van der Waals surface area contributed by atoms with Gasteiger partial charge in [-0.05, 0) is 50.5 Å². The molecule has 4 rings (SSSR count). The fourth-order valence-electron chi connectivity index (χ4n) is 3.18.